The molecule has 0 amide bonds. The maximum absolute atomic E-state index is 6.03. The van der Waals surface area contributed by atoms with Gasteiger partial charge in [-0.25, -0.2) is 0 Å². The predicted octanol–water partition coefficient (Wildman–Crippen LogP) is 3.29. The number of hydrogen-bond acceptors (Lipinski definition) is 2. The van der Waals surface area contributed by atoms with Gasteiger partial charge in [0.1, 0.15) is 5.76 Å². The summed E-state index contributed by atoms with van der Waals surface area (Å²) in [6.45, 7) is 1.96. The van der Waals surface area contributed by atoms with Crippen LogP contribution >= 0.6 is 11.6 Å². The van der Waals surface area contributed by atoms with Crippen molar-refractivity contribution in [2.24, 2.45) is 5.73 Å². The van der Waals surface area contributed by atoms with Crippen LogP contribution in [0.3, 0.4) is 0 Å². The van der Waals surface area contributed by atoms with Crippen molar-refractivity contribution in [2.45, 2.75) is 13.0 Å². The Morgan fingerprint density at radius 3 is 2.73 bits per heavy atom. The van der Waals surface area contributed by atoms with Crippen molar-refractivity contribution in [1.82, 2.24) is 0 Å². The zero-order valence-electron chi connectivity index (χ0n) is 8.41. The Kier molecular flexibility index (Phi) is 2.80. The average molecular weight is 222 g/mol. The quantitative estimate of drug-likeness (QED) is 0.845. The molecular formula is C12H12ClNO. The van der Waals surface area contributed by atoms with Crippen molar-refractivity contribution < 1.29 is 4.42 Å². The van der Waals surface area contributed by atoms with Crippen LogP contribution in [-0.4, -0.2) is 0 Å². The van der Waals surface area contributed by atoms with Gasteiger partial charge in [0.15, 0.2) is 0 Å². The summed E-state index contributed by atoms with van der Waals surface area (Å²) in [5.41, 5.74) is 8.03. The van der Waals surface area contributed by atoms with Crippen molar-refractivity contribution in [3.8, 4) is 0 Å². The molecule has 2 aromatic rings. The van der Waals surface area contributed by atoms with E-state index < -0.39 is 0 Å². The van der Waals surface area contributed by atoms with Crippen molar-refractivity contribution in [1.29, 1.82) is 0 Å². The molecule has 2 N–H and O–H groups in total. The highest BCUT2D eigenvalue weighted by Crippen LogP contribution is 2.24. The maximum Gasteiger partial charge on any atom is 0.124 e. The predicted molar refractivity (Wildman–Crippen MR) is 60.9 cm³/mol. The second-order valence-electron chi connectivity index (χ2n) is 3.50. The fourth-order valence-electron chi connectivity index (χ4n) is 1.44. The Hall–Kier alpha value is -1.25. The first kappa shape index (κ1) is 10.3. The van der Waals surface area contributed by atoms with Gasteiger partial charge in [-0.1, -0.05) is 23.7 Å². The monoisotopic (exact) mass is 221 g/mol. The van der Waals surface area contributed by atoms with E-state index in [1.165, 1.54) is 0 Å². The van der Waals surface area contributed by atoms with Gasteiger partial charge in [-0.3, -0.25) is 0 Å². The van der Waals surface area contributed by atoms with Crippen LogP contribution in [0.15, 0.2) is 41.0 Å². The van der Waals surface area contributed by atoms with Gasteiger partial charge in [0.05, 0.1) is 12.3 Å². The van der Waals surface area contributed by atoms with E-state index in [1.807, 2.05) is 37.3 Å². The Balaban J connectivity index is 2.34. The molecule has 0 bridgehead atoms. The minimum atomic E-state index is -0.252. The molecule has 0 aliphatic rings. The molecule has 1 unspecified atom stereocenters. The van der Waals surface area contributed by atoms with Crippen LogP contribution in [0.25, 0.3) is 0 Å². The lowest BCUT2D eigenvalue weighted by atomic mass is 10.0. The van der Waals surface area contributed by atoms with E-state index in [-0.39, 0.29) is 6.04 Å². The van der Waals surface area contributed by atoms with E-state index in [0.717, 1.165) is 21.9 Å². The Morgan fingerprint density at radius 2 is 2.13 bits per heavy atom. The largest absolute Gasteiger partial charge is 0.467 e. The number of hydrogen-bond donors (Lipinski definition) is 1. The summed E-state index contributed by atoms with van der Waals surface area (Å²) in [6, 6.07) is 9.24. The van der Waals surface area contributed by atoms with E-state index in [4.69, 9.17) is 21.8 Å². The molecule has 1 aromatic carbocycles. The molecule has 3 heteroatoms. The van der Waals surface area contributed by atoms with Crippen LogP contribution in [0, 0.1) is 6.92 Å². The Morgan fingerprint density at radius 1 is 1.33 bits per heavy atom. The van der Waals surface area contributed by atoms with E-state index in [0.29, 0.717) is 0 Å². The van der Waals surface area contributed by atoms with E-state index in [1.54, 1.807) is 6.26 Å². The zero-order valence-corrected chi connectivity index (χ0v) is 9.16. The highest BCUT2D eigenvalue weighted by molar-refractivity contribution is 6.31. The molecule has 1 heterocycles. The number of nitrogens with two attached hydrogens (primary N) is 1. The van der Waals surface area contributed by atoms with E-state index >= 15 is 0 Å². The lowest BCUT2D eigenvalue weighted by Gasteiger charge is -2.10. The van der Waals surface area contributed by atoms with E-state index in [9.17, 15) is 0 Å². The first-order chi connectivity index (χ1) is 7.18. The second-order valence-corrected chi connectivity index (χ2v) is 3.91. The summed E-state index contributed by atoms with van der Waals surface area (Å²) in [5.74, 6) is 0.745. The third-order valence-electron chi connectivity index (χ3n) is 2.40. The van der Waals surface area contributed by atoms with Crippen LogP contribution in [0.5, 0.6) is 0 Å². The molecule has 2 rings (SSSR count). The lowest BCUT2D eigenvalue weighted by molar-refractivity contribution is 0.490. The highest BCUT2D eigenvalue weighted by atomic mass is 35.5. The highest BCUT2D eigenvalue weighted by Gasteiger charge is 2.12. The van der Waals surface area contributed by atoms with Crippen molar-refractivity contribution in [3.05, 3.63) is 58.5 Å². The fraction of sp³-hybridized carbons (Fsp3) is 0.167. The summed E-state index contributed by atoms with van der Waals surface area (Å²) >= 11 is 6.03. The molecule has 0 saturated heterocycles. The fourth-order valence-corrected chi connectivity index (χ4v) is 1.62. The molecule has 0 saturated carbocycles. The van der Waals surface area contributed by atoms with Crippen molar-refractivity contribution in [2.75, 3.05) is 0 Å². The third kappa shape index (κ3) is 2.06. The third-order valence-corrected chi connectivity index (χ3v) is 2.81. The molecule has 0 spiro atoms. The second kappa shape index (κ2) is 4.09. The summed E-state index contributed by atoms with van der Waals surface area (Å²) < 4.78 is 5.25. The molecule has 0 aliphatic heterocycles. The number of rotatable bonds is 2. The number of furan rings is 1. The molecule has 0 radical (unpaired) electrons. The molecule has 0 aliphatic carbocycles. The van der Waals surface area contributed by atoms with Gasteiger partial charge in [-0.05, 0) is 36.2 Å². The van der Waals surface area contributed by atoms with Crippen LogP contribution in [0.2, 0.25) is 5.02 Å². The molecule has 1 atom stereocenters. The topological polar surface area (TPSA) is 39.2 Å². The lowest BCUT2D eigenvalue weighted by Crippen LogP contribution is -2.10. The van der Waals surface area contributed by atoms with Crippen molar-refractivity contribution >= 4 is 11.6 Å². The summed E-state index contributed by atoms with van der Waals surface area (Å²) in [4.78, 5) is 0. The number of halogens is 1. The first-order valence-electron chi connectivity index (χ1n) is 4.73. The van der Waals surface area contributed by atoms with Gasteiger partial charge >= 0.3 is 0 Å². The Bertz CT molecular complexity index is 451. The van der Waals surface area contributed by atoms with Crippen LogP contribution in [0.1, 0.15) is 22.9 Å². The normalized spacial score (nSPS) is 12.7. The van der Waals surface area contributed by atoms with Gasteiger partial charge in [0.2, 0.25) is 0 Å². The van der Waals surface area contributed by atoms with Gasteiger partial charge in [0, 0.05) is 5.02 Å². The van der Waals surface area contributed by atoms with E-state index in [2.05, 4.69) is 0 Å². The molecule has 0 fully saturated rings. The van der Waals surface area contributed by atoms with Crippen LogP contribution in [0.4, 0.5) is 0 Å². The average Bonchev–Trinajstić information content (AvgIpc) is 2.74. The molecule has 2 nitrogen and oxygen atoms in total. The summed E-state index contributed by atoms with van der Waals surface area (Å²) in [7, 11) is 0. The molecule has 1 aromatic heterocycles. The first-order valence-corrected chi connectivity index (χ1v) is 5.11. The summed E-state index contributed by atoms with van der Waals surface area (Å²) in [5, 5.41) is 0.731. The summed E-state index contributed by atoms with van der Waals surface area (Å²) in [6.07, 6.45) is 1.62. The van der Waals surface area contributed by atoms with Gasteiger partial charge in [-0.2, -0.15) is 0 Å². The van der Waals surface area contributed by atoms with Crippen molar-refractivity contribution in [3.63, 3.8) is 0 Å². The van der Waals surface area contributed by atoms with Crippen LogP contribution in [-0.2, 0) is 0 Å². The van der Waals surface area contributed by atoms with Crippen LogP contribution < -0.4 is 5.73 Å². The zero-order chi connectivity index (χ0) is 10.8. The number of benzene rings is 1. The van der Waals surface area contributed by atoms with Gasteiger partial charge in [-0.15, -0.1) is 0 Å². The maximum atomic E-state index is 6.03. The smallest absolute Gasteiger partial charge is 0.124 e. The SMILES string of the molecule is Cc1ccc(C(N)c2ccco2)cc1Cl. The molecular weight excluding hydrogens is 210 g/mol. The molecule has 78 valence electrons. The molecule has 15 heavy (non-hydrogen) atoms. The minimum absolute atomic E-state index is 0.252. The van der Waals surface area contributed by atoms with Gasteiger partial charge < -0.3 is 10.2 Å². The number of aryl methyl sites for hydroxylation is 1. The standard InChI is InChI=1S/C12H12ClNO/c1-8-4-5-9(7-10(8)13)12(14)11-3-2-6-15-11/h2-7,12H,14H2,1H3. The Labute approximate surface area is 93.7 Å². The van der Waals surface area contributed by atoms with Gasteiger partial charge in [0.25, 0.3) is 0 Å². The minimum Gasteiger partial charge on any atom is -0.467 e.